The fraction of sp³-hybridized carbons (Fsp3) is 0.286. The minimum Gasteiger partial charge on any atom is -0.490 e. The van der Waals surface area contributed by atoms with E-state index in [1.165, 1.54) is 0 Å². The monoisotopic (exact) mass is 353 g/mol. The Morgan fingerprint density at radius 2 is 1.38 bits per heavy atom. The smallest absolute Gasteiger partial charge is 0.135 e. The molecule has 0 bridgehead atoms. The molecule has 0 aliphatic carbocycles. The van der Waals surface area contributed by atoms with E-state index in [-0.39, 0.29) is 26.4 Å². The van der Waals surface area contributed by atoms with Crippen LogP contribution in [0.3, 0.4) is 0 Å². The number of fused-ring (bicyclic) bond motifs is 2. The maximum Gasteiger partial charge on any atom is 0.135 e. The van der Waals surface area contributed by atoms with Gasteiger partial charge in [0.15, 0.2) is 0 Å². The summed E-state index contributed by atoms with van der Waals surface area (Å²) in [5, 5.41) is 32.0. The highest BCUT2D eigenvalue weighted by atomic mass is 16.5. The van der Waals surface area contributed by atoms with E-state index in [9.17, 15) is 10.2 Å². The summed E-state index contributed by atoms with van der Waals surface area (Å²) in [6.45, 7) is 1.37. The largest absolute Gasteiger partial charge is 0.490 e. The molecule has 0 radical (unpaired) electrons. The minimum atomic E-state index is -0.936. The van der Waals surface area contributed by atoms with Crippen molar-refractivity contribution in [2.45, 2.75) is 12.5 Å². The zero-order valence-corrected chi connectivity index (χ0v) is 14.7. The molecule has 3 aromatic rings. The van der Waals surface area contributed by atoms with Crippen molar-refractivity contribution in [3.05, 3.63) is 54.1 Å². The average molecular weight is 353 g/mol. The molecule has 0 amide bonds. The van der Waals surface area contributed by atoms with Crippen LogP contribution in [0.1, 0.15) is 12.5 Å². The second kappa shape index (κ2) is 7.83. The van der Waals surface area contributed by atoms with Crippen molar-refractivity contribution in [3.63, 3.8) is 0 Å². The number of hydrogen-bond donors (Lipinski definition) is 3. The number of aliphatic hydroxyl groups is 3. The van der Waals surface area contributed by atoms with Crippen LogP contribution in [-0.4, -0.2) is 53.5 Å². The van der Waals surface area contributed by atoms with Gasteiger partial charge in [-0.05, 0) is 17.7 Å². The topological polar surface area (TPSA) is 82.3 Å². The molecule has 0 spiro atoms. The molecule has 0 saturated carbocycles. The summed E-state index contributed by atoms with van der Waals surface area (Å²) in [7, 11) is 0. The van der Waals surface area contributed by atoms with E-state index in [2.05, 4.69) is 4.99 Å². The third kappa shape index (κ3) is 3.42. The first-order chi connectivity index (χ1) is 12.6. The van der Waals surface area contributed by atoms with Gasteiger partial charge in [-0.25, -0.2) is 0 Å². The van der Waals surface area contributed by atoms with E-state index < -0.39 is 5.54 Å². The first-order valence-electron chi connectivity index (χ1n) is 8.57. The zero-order chi connectivity index (χ0) is 18.6. The first-order valence-corrected chi connectivity index (χ1v) is 8.57. The van der Waals surface area contributed by atoms with Gasteiger partial charge in [0.1, 0.15) is 17.9 Å². The lowest BCUT2D eigenvalue weighted by atomic mass is 9.96. The van der Waals surface area contributed by atoms with Gasteiger partial charge in [0.25, 0.3) is 0 Å². The highest BCUT2D eigenvalue weighted by Crippen LogP contribution is 2.37. The van der Waals surface area contributed by atoms with Gasteiger partial charge in [-0.3, -0.25) is 4.99 Å². The summed E-state index contributed by atoms with van der Waals surface area (Å²) >= 11 is 0. The zero-order valence-electron chi connectivity index (χ0n) is 14.7. The highest BCUT2D eigenvalue weighted by Gasteiger charge is 2.20. The van der Waals surface area contributed by atoms with E-state index >= 15 is 0 Å². The van der Waals surface area contributed by atoms with Crippen LogP contribution in [0.25, 0.3) is 21.5 Å². The van der Waals surface area contributed by atoms with Gasteiger partial charge in [-0.1, -0.05) is 48.5 Å². The lowest BCUT2D eigenvalue weighted by Gasteiger charge is -2.20. The normalized spacial score (nSPS) is 12.3. The summed E-state index contributed by atoms with van der Waals surface area (Å²) in [5.41, 5.74) is -0.0328. The van der Waals surface area contributed by atoms with Gasteiger partial charge in [-0.2, -0.15) is 0 Å². The van der Waals surface area contributed by atoms with Gasteiger partial charge < -0.3 is 20.1 Å². The van der Waals surface area contributed by atoms with Crippen LogP contribution in [0.4, 0.5) is 0 Å². The minimum absolute atomic E-state index is 0.0583. The van der Waals surface area contributed by atoms with Crippen LogP contribution in [-0.2, 0) is 0 Å². The van der Waals surface area contributed by atoms with E-state index in [1.54, 1.807) is 13.1 Å². The Morgan fingerprint density at radius 3 is 1.85 bits per heavy atom. The van der Waals surface area contributed by atoms with Crippen molar-refractivity contribution in [3.8, 4) is 5.75 Å². The fourth-order valence-corrected chi connectivity index (χ4v) is 2.92. The fourth-order valence-electron chi connectivity index (χ4n) is 2.92. The lowest BCUT2D eigenvalue weighted by molar-refractivity contribution is 0.136. The maximum absolute atomic E-state index is 9.51. The number of aliphatic hydroxyl groups excluding tert-OH is 3. The predicted molar refractivity (Wildman–Crippen MR) is 104 cm³/mol. The third-order valence-electron chi connectivity index (χ3n) is 4.45. The molecule has 0 fully saturated rings. The third-order valence-corrected chi connectivity index (χ3v) is 4.45. The molecule has 0 heterocycles. The van der Waals surface area contributed by atoms with Crippen LogP contribution in [0.2, 0.25) is 0 Å². The second-order valence-electron chi connectivity index (χ2n) is 6.48. The van der Waals surface area contributed by atoms with E-state index in [0.29, 0.717) is 0 Å². The molecule has 136 valence electrons. The summed E-state index contributed by atoms with van der Waals surface area (Å²) in [6, 6.07) is 15.7. The number of benzene rings is 3. The Labute approximate surface area is 152 Å². The summed E-state index contributed by atoms with van der Waals surface area (Å²) < 4.78 is 5.85. The molecular formula is C21H23NO4. The molecule has 26 heavy (non-hydrogen) atoms. The standard InChI is InChI=1S/C21H23NO4/c1-21(13-24,14-25)22-12-19-15-6-2-4-8-17(15)20(26-11-10-23)18-9-5-3-7-16(18)19/h2-9,12,23-25H,10-11,13-14H2,1H3. The van der Waals surface area contributed by atoms with Crippen molar-refractivity contribution in [1.82, 2.24) is 0 Å². The molecule has 0 aromatic heterocycles. The van der Waals surface area contributed by atoms with Gasteiger partial charge >= 0.3 is 0 Å². The molecule has 3 aromatic carbocycles. The molecule has 0 unspecified atom stereocenters. The molecule has 0 aliphatic heterocycles. The number of rotatable bonds is 7. The van der Waals surface area contributed by atoms with Gasteiger partial charge in [0.2, 0.25) is 0 Å². The molecule has 0 atom stereocenters. The molecule has 5 heteroatoms. The van der Waals surface area contributed by atoms with Gasteiger partial charge in [-0.15, -0.1) is 0 Å². The molecular weight excluding hydrogens is 330 g/mol. The van der Waals surface area contributed by atoms with Crippen molar-refractivity contribution < 1.29 is 20.1 Å². The van der Waals surface area contributed by atoms with E-state index in [0.717, 1.165) is 32.9 Å². The van der Waals surface area contributed by atoms with Crippen LogP contribution < -0.4 is 4.74 Å². The van der Waals surface area contributed by atoms with E-state index in [4.69, 9.17) is 9.84 Å². The van der Waals surface area contributed by atoms with Crippen LogP contribution in [0, 0.1) is 0 Å². The quantitative estimate of drug-likeness (QED) is 0.450. The number of ether oxygens (including phenoxy) is 1. The van der Waals surface area contributed by atoms with Crippen molar-refractivity contribution >= 4 is 27.8 Å². The average Bonchev–Trinajstić information content (AvgIpc) is 2.70. The first kappa shape index (κ1) is 18.3. The summed E-state index contributed by atoms with van der Waals surface area (Å²) in [5.74, 6) is 0.731. The number of nitrogens with zero attached hydrogens (tertiary/aromatic N) is 1. The second-order valence-corrected chi connectivity index (χ2v) is 6.48. The Balaban J connectivity index is 2.30. The Bertz CT molecular complexity index is 875. The number of aliphatic imine (C=N–C) groups is 1. The Hall–Kier alpha value is -2.47. The summed E-state index contributed by atoms with van der Waals surface area (Å²) in [6.07, 6.45) is 1.72. The van der Waals surface area contributed by atoms with Gasteiger partial charge in [0, 0.05) is 22.6 Å². The van der Waals surface area contributed by atoms with Gasteiger partial charge in [0.05, 0.1) is 19.8 Å². The highest BCUT2D eigenvalue weighted by molar-refractivity contribution is 6.17. The van der Waals surface area contributed by atoms with Crippen molar-refractivity contribution in [2.75, 3.05) is 26.4 Å². The summed E-state index contributed by atoms with van der Waals surface area (Å²) in [4.78, 5) is 4.45. The van der Waals surface area contributed by atoms with Crippen LogP contribution in [0.15, 0.2) is 53.5 Å². The van der Waals surface area contributed by atoms with Crippen LogP contribution in [0.5, 0.6) is 5.75 Å². The van der Waals surface area contributed by atoms with Crippen molar-refractivity contribution in [2.24, 2.45) is 4.99 Å². The lowest BCUT2D eigenvalue weighted by Crippen LogP contribution is -2.31. The molecule has 5 nitrogen and oxygen atoms in total. The molecule has 0 aliphatic rings. The number of hydrogen-bond acceptors (Lipinski definition) is 5. The Morgan fingerprint density at radius 1 is 0.885 bits per heavy atom. The maximum atomic E-state index is 9.51. The van der Waals surface area contributed by atoms with E-state index in [1.807, 2.05) is 48.5 Å². The van der Waals surface area contributed by atoms with Crippen molar-refractivity contribution in [1.29, 1.82) is 0 Å². The predicted octanol–water partition coefficient (Wildman–Crippen LogP) is 2.53. The van der Waals surface area contributed by atoms with Crippen LogP contribution >= 0.6 is 0 Å². The SMILES string of the molecule is CC(CO)(CO)N=Cc1c2ccccc2c(OCCO)c2ccccc12. The Kier molecular flexibility index (Phi) is 5.52. The molecule has 0 saturated heterocycles. The molecule has 3 rings (SSSR count). The molecule has 3 N–H and O–H groups in total.